The monoisotopic (exact) mass is 326 g/mol. The third kappa shape index (κ3) is 4.11. The minimum absolute atomic E-state index is 0.0415. The van der Waals surface area contributed by atoms with E-state index in [0.29, 0.717) is 17.2 Å². The van der Waals surface area contributed by atoms with E-state index < -0.39 is 0 Å². The third-order valence-corrected chi connectivity index (χ3v) is 3.48. The summed E-state index contributed by atoms with van der Waals surface area (Å²) in [6, 6.07) is 15.0. The first-order valence-electron chi connectivity index (χ1n) is 7.64. The first-order valence-corrected chi connectivity index (χ1v) is 7.64. The fourth-order valence-corrected chi connectivity index (χ4v) is 2.27. The first-order chi connectivity index (χ1) is 11.7. The quantitative estimate of drug-likeness (QED) is 0.720. The lowest BCUT2D eigenvalue weighted by Gasteiger charge is -2.14. The summed E-state index contributed by atoms with van der Waals surface area (Å²) >= 11 is 0. The van der Waals surface area contributed by atoms with Gasteiger partial charge in [-0.2, -0.15) is 0 Å². The van der Waals surface area contributed by atoms with E-state index in [1.54, 1.807) is 24.5 Å². The van der Waals surface area contributed by atoms with Gasteiger partial charge in [-0.05, 0) is 24.6 Å². The van der Waals surface area contributed by atoms with Gasteiger partial charge in [-0.3, -0.25) is 4.79 Å². The summed E-state index contributed by atoms with van der Waals surface area (Å²) < 4.78 is 15.8. The van der Waals surface area contributed by atoms with Crippen LogP contribution >= 0.6 is 0 Å². The van der Waals surface area contributed by atoms with Crippen LogP contribution in [0, 0.1) is 0 Å². The standard InChI is InChI=1S/C18H18N2O4/c1-13(14-6-3-2-4-7-14)19-18(21)12-22-11-15-10-17(24-20-15)16-8-5-9-23-16/h2-10,13H,11-12H2,1H3,(H,19,21)/t13-/m0/s1. The molecule has 1 aromatic carbocycles. The molecule has 2 heterocycles. The van der Waals surface area contributed by atoms with Crippen molar-refractivity contribution in [3.05, 3.63) is 66.1 Å². The number of hydrogen-bond acceptors (Lipinski definition) is 5. The number of rotatable bonds is 7. The molecule has 0 unspecified atom stereocenters. The molecule has 0 radical (unpaired) electrons. The van der Waals surface area contributed by atoms with Gasteiger partial charge in [0.1, 0.15) is 12.3 Å². The number of benzene rings is 1. The molecule has 2 aromatic heterocycles. The van der Waals surface area contributed by atoms with Gasteiger partial charge in [0, 0.05) is 6.07 Å². The third-order valence-electron chi connectivity index (χ3n) is 3.48. The number of carbonyl (C=O) groups excluding carboxylic acids is 1. The predicted octanol–water partition coefficient (Wildman–Crippen LogP) is 3.33. The normalized spacial score (nSPS) is 12.0. The molecular formula is C18H18N2O4. The van der Waals surface area contributed by atoms with Crippen LogP contribution in [0.1, 0.15) is 24.2 Å². The van der Waals surface area contributed by atoms with E-state index in [0.717, 1.165) is 5.56 Å². The Morgan fingerprint density at radius 1 is 1.21 bits per heavy atom. The smallest absolute Gasteiger partial charge is 0.246 e. The van der Waals surface area contributed by atoms with Crippen LogP contribution in [0.15, 0.2) is 63.7 Å². The number of nitrogens with zero attached hydrogens (tertiary/aromatic N) is 1. The molecule has 1 atom stereocenters. The van der Waals surface area contributed by atoms with Crippen molar-refractivity contribution in [1.82, 2.24) is 10.5 Å². The van der Waals surface area contributed by atoms with Crippen molar-refractivity contribution in [2.24, 2.45) is 0 Å². The summed E-state index contributed by atoms with van der Waals surface area (Å²) in [4.78, 5) is 11.9. The van der Waals surface area contributed by atoms with E-state index in [4.69, 9.17) is 13.7 Å². The molecule has 3 aromatic rings. The van der Waals surface area contributed by atoms with Gasteiger partial charge < -0.3 is 19.0 Å². The lowest BCUT2D eigenvalue weighted by molar-refractivity contribution is -0.126. The van der Waals surface area contributed by atoms with Gasteiger partial charge in [-0.25, -0.2) is 0 Å². The Hall–Kier alpha value is -2.86. The van der Waals surface area contributed by atoms with Gasteiger partial charge >= 0.3 is 0 Å². The maximum absolute atomic E-state index is 11.9. The molecule has 6 heteroatoms. The van der Waals surface area contributed by atoms with Crippen LogP contribution in [-0.4, -0.2) is 17.7 Å². The highest BCUT2D eigenvalue weighted by Gasteiger charge is 2.11. The molecule has 0 spiro atoms. The number of furan rings is 1. The van der Waals surface area contributed by atoms with Gasteiger partial charge in [-0.15, -0.1) is 0 Å². The van der Waals surface area contributed by atoms with Crippen LogP contribution in [0.2, 0.25) is 0 Å². The summed E-state index contributed by atoms with van der Waals surface area (Å²) in [5, 5.41) is 6.77. The Labute approximate surface area is 139 Å². The van der Waals surface area contributed by atoms with Gasteiger partial charge in [-0.1, -0.05) is 35.5 Å². The van der Waals surface area contributed by atoms with Crippen molar-refractivity contribution in [2.75, 3.05) is 6.61 Å². The number of carbonyl (C=O) groups is 1. The molecule has 124 valence electrons. The van der Waals surface area contributed by atoms with Crippen LogP contribution < -0.4 is 5.32 Å². The second-order valence-corrected chi connectivity index (χ2v) is 5.35. The topological polar surface area (TPSA) is 77.5 Å². The summed E-state index contributed by atoms with van der Waals surface area (Å²) in [7, 11) is 0. The van der Waals surface area contributed by atoms with Crippen LogP contribution in [0.3, 0.4) is 0 Å². The predicted molar refractivity (Wildman–Crippen MR) is 86.9 cm³/mol. The molecule has 24 heavy (non-hydrogen) atoms. The van der Waals surface area contributed by atoms with Crippen molar-refractivity contribution in [3.63, 3.8) is 0 Å². The molecule has 0 saturated carbocycles. The van der Waals surface area contributed by atoms with Gasteiger partial charge in [0.2, 0.25) is 11.7 Å². The van der Waals surface area contributed by atoms with Crippen molar-refractivity contribution >= 4 is 5.91 Å². The largest absolute Gasteiger partial charge is 0.461 e. The average molecular weight is 326 g/mol. The molecule has 6 nitrogen and oxygen atoms in total. The first kappa shape index (κ1) is 16.0. The van der Waals surface area contributed by atoms with Crippen LogP contribution in [0.5, 0.6) is 0 Å². The van der Waals surface area contributed by atoms with Crippen molar-refractivity contribution in [2.45, 2.75) is 19.6 Å². The highest BCUT2D eigenvalue weighted by Crippen LogP contribution is 2.20. The van der Waals surface area contributed by atoms with Crippen molar-refractivity contribution in [3.8, 4) is 11.5 Å². The molecule has 1 amide bonds. The molecular weight excluding hydrogens is 308 g/mol. The Morgan fingerprint density at radius 3 is 2.79 bits per heavy atom. The minimum atomic E-state index is -0.180. The number of ether oxygens (including phenoxy) is 1. The molecule has 0 aliphatic carbocycles. The average Bonchev–Trinajstić information content (AvgIpc) is 3.27. The Balaban J connectivity index is 1.44. The minimum Gasteiger partial charge on any atom is -0.461 e. The zero-order chi connectivity index (χ0) is 16.8. The number of hydrogen-bond donors (Lipinski definition) is 1. The van der Waals surface area contributed by atoms with Crippen molar-refractivity contribution < 1.29 is 18.5 Å². The second-order valence-electron chi connectivity index (χ2n) is 5.35. The van der Waals surface area contributed by atoms with E-state index in [-0.39, 0.29) is 25.2 Å². The fraction of sp³-hybridized carbons (Fsp3) is 0.222. The highest BCUT2D eigenvalue weighted by molar-refractivity contribution is 5.77. The lowest BCUT2D eigenvalue weighted by Crippen LogP contribution is -2.30. The summed E-state index contributed by atoms with van der Waals surface area (Å²) in [5.74, 6) is 0.949. The van der Waals surface area contributed by atoms with Gasteiger partial charge in [0.25, 0.3) is 0 Å². The maximum atomic E-state index is 11.9. The fourth-order valence-electron chi connectivity index (χ4n) is 2.27. The van der Waals surface area contributed by atoms with Gasteiger partial charge in [0.05, 0.1) is 18.9 Å². The van der Waals surface area contributed by atoms with E-state index >= 15 is 0 Å². The van der Waals surface area contributed by atoms with Crippen LogP contribution in [0.4, 0.5) is 0 Å². The summed E-state index contributed by atoms with van der Waals surface area (Å²) in [6.45, 7) is 2.08. The SMILES string of the molecule is C[C@H](NC(=O)COCc1cc(-c2ccco2)on1)c1ccccc1. The molecule has 0 fully saturated rings. The summed E-state index contributed by atoms with van der Waals surface area (Å²) in [6.07, 6.45) is 1.56. The number of aromatic nitrogens is 1. The Morgan fingerprint density at radius 2 is 2.04 bits per heavy atom. The lowest BCUT2D eigenvalue weighted by atomic mass is 10.1. The Bertz CT molecular complexity index is 765. The van der Waals surface area contributed by atoms with E-state index in [1.165, 1.54) is 0 Å². The van der Waals surface area contributed by atoms with Crippen LogP contribution in [-0.2, 0) is 16.1 Å². The van der Waals surface area contributed by atoms with E-state index in [2.05, 4.69) is 10.5 Å². The van der Waals surface area contributed by atoms with E-state index in [9.17, 15) is 4.79 Å². The molecule has 0 aliphatic heterocycles. The molecule has 0 aliphatic rings. The highest BCUT2D eigenvalue weighted by atomic mass is 16.5. The molecule has 0 bridgehead atoms. The number of amides is 1. The summed E-state index contributed by atoms with van der Waals surface area (Å²) in [5.41, 5.74) is 1.65. The van der Waals surface area contributed by atoms with Crippen LogP contribution in [0.25, 0.3) is 11.5 Å². The zero-order valence-electron chi connectivity index (χ0n) is 13.3. The zero-order valence-corrected chi connectivity index (χ0v) is 13.3. The molecule has 3 rings (SSSR count). The maximum Gasteiger partial charge on any atom is 0.246 e. The van der Waals surface area contributed by atoms with E-state index in [1.807, 2.05) is 37.3 Å². The second kappa shape index (κ2) is 7.61. The van der Waals surface area contributed by atoms with Crippen molar-refractivity contribution in [1.29, 1.82) is 0 Å². The Kier molecular flexibility index (Phi) is 5.08. The molecule has 1 N–H and O–H groups in total. The van der Waals surface area contributed by atoms with Gasteiger partial charge in [0.15, 0.2) is 5.76 Å². The molecule has 0 saturated heterocycles. The number of nitrogens with one attached hydrogen (secondary N) is 1.